The van der Waals surface area contributed by atoms with Crippen LogP contribution in [-0.2, 0) is 6.42 Å². The summed E-state index contributed by atoms with van der Waals surface area (Å²) in [5, 5.41) is 14.3. The molecule has 2 aromatic rings. The molecule has 2 amide bonds. The Hall–Kier alpha value is -3.14. The molecule has 1 aliphatic heterocycles. The third-order valence-electron chi connectivity index (χ3n) is 4.60. The highest BCUT2D eigenvalue weighted by Crippen LogP contribution is 2.25. The number of benzene rings is 2. The molecule has 2 N–H and O–H groups in total. The highest BCUT2D eigenvalue weighted by molar-refractivity contribution is 5.89. The summed E-state index contributed by atoms with van der Waals surface area (Å²) < 4.78 is 26.4. The van der Waals surface area contributed by atoms with E-state index >= 15 is 0 Å². The first-order valence-corrected chi connectivity index (χ1v) is 8.76. The summed E-state index contributed by atoms with van der Waals surface area (Å²) in [6.07, 6.45) is 1.20. The number of anilines is 2. The maximum Gasteiger partial charge on any atom is 0.319 e. The van der Waals surface area contributed by atoms with Crippen molar-refractivity contribution >= 4 is 17.4 Å². The van der Waals surface area contributed by atoms with Crippen molar-refractivity contribution in [3.05, 3.63) is 59.7 Å². The van der Waals surface area contributed by atoms with Gasteiger partial charge in [0.2, 0.25) is 0 Å². The Labute approximate surface area is 156 Å². The van der Waals surface area contributed by atoms with Crippen LogP contribution in [0.1, 0.15) is 12.0 Å². The summed E-state index contributed by atoms with van der Waals surface area (Å²) >= 11 is 0. The summed E-state index contributed by atoms with van der Waals surface area (Å²) in [4.78, 5) is 14.0. The van der Waals surface area contributed by atoms with Crippen molar-refractivity contribution in [3.63, 3.8) is 0 Å². The first kappa shape index (κ1) is 18.6. The van der Waals surface area contributed by atoms with Gasteiger partial charge in [-0.25, -0.2) is 13.6 Å². The molecule has 3 rings (SSSR count). The molecule has 0 bridgehead atoms. The number of carbonyl (C=O) groups is 1. The van der Waals surface area contributed by atoms with Crippen LogP contribution in [0.25, 0.3) is 0 Å². The number of hydrogen-bond acceptors (Lipinski definition) is 3. The second-order valence-electron chi connectivity index (χ2n) is 6.57. The zero-order valence-electron chi connectivity index (χ0n) is 14.7. The molecule has 1 atom stereocenters. The van der Waals surface area contributed by atoms with E-state index in [1.165, 1.54) is 6.07 Å². The molecule has 140 valence electrons. The minimum Gasteiger partial charge on any atom is -0.371 e. The Morgan fingerprint density at radius 3 is 2.67 bits per heavy atom. The molecule has 0 radical (unpaired) electrons. The maximum absolute atomic E-state index is 13.4. The number of nitrogens with zero attached hydrogens (tertiary/aromatic N) is 2. The van der Waals surface area contributed by atoms with E-state index in [9.17, 15) is 13.6 Å². The van der Waals surface area contributed by atoms with Gasteiger partial charge in [-0.3, -0.25) is 0 Å². The second kappa shape index (κ2) is 8.49. The van der Waals surface area contributed by atoms with E-state index < -0.39 is 11.6 Å². The molecule has 1 aliphatic rings. The Kier molecular flexibility index (Phi) is 5.87. The van der Waals surface area contributed by atoms with Crippen LogP contribution in [0.15, 0.2) is 42.5 Å². The minimum atomic E-state index is -0.853. The summed E-state index contributed by atoms with van der Waals surface area (Å²) in [7, 11) is 0. The smallest absolute Gasteiger partial charge is 0.319 e. The maximum atomic E-state index is 13.4. The van der Waals surface area contributed by atoms with Gasteiger partial charge in [-0.15, -0.1) is 0 Å². The van der Waals surface area contributed by atoms with Gasteiger partial charge < -0.3 is 15.5 Å². The standard InChI is InChI=1S/C20H20F2N4O/c21-18-6-5-17(11-19(18)22)26-10-8-15(13-26)12-24-20(27)25-16-3-1-14(2-4-16)7-9-23/h1-6,11,15H,7-8,10,12-13H2,(H2,24,25,27). The Bertz CT molecular complexity index is 848. The molecule has 0 spiro atoms. The molecule has 2 aromatic carbocycles. The molecule has 1 saturated heterocycles. The molecular weight excluding hydrogens is 350 g/mol. The molecule has 1 heterocycles. The van der Waals surface area contributed by atoms with Gasteiger partial charge in [0.05, 0.1) is 12.5 Å². The van der Waals surface area contributed by atoms with Gasteiger partial charge in [0.25, 0.3) is 0 Å². The van der Waals surface area contributed by atoms with Gasteiger partial charge >= 0.3 is 6.03 Å². The molecule has 5 nitrogen and oxygen atoms in total. The molecule has 1 fully saturated rings. The third kappa shape index (κ3) is 4.94. The average Bonchev–Trinajstić information content (AvgIpc) is 3.13. The lowest BCUT2D eigenvalue weighted by atomic mass is 10.1. The van der Waals surface area contributed by atoms with Crippen molar-refractivity contribution in [2.45, 2.75) is 12.8 Å². The molecule has 0 saturated carbocycles. The molecule has 1 unspecified atom stereocenters. The lowest BCUT2D eigenvalue weighted by Gasteiger charge is -2.19. The zero-order chi connectivity index (χ0) is 19.2. The predicted octanol–water partition coefficient (Wildman–Crippen LogP) is 3.68. The summed E-state index contributed by atoms with van der Waals surface area (Å²) in [6, 6.07) is 12.8. The summed E-state index contributed by atoms with van der Waals surface area (Å²) in [5.74, 6) is -1.47. The number of halogens is 2. The van der Waals surface area contributed by atoms with Crippen LogP contribution in [0.3, 0.4) is 0 Å². The fourth-order valence-electron chi connectivity index (χ4n) is 3.13. The van der Waals surface area contributed by atoms with Gasteiger partial charge in [0.1, 0.15) is 0 Å². The molecule has 0 aromatic heterocycles. The van der Waals surface area contributed by atoms with E-state index in [0.29, 0.717) is 30.9 Å². The van der Waals surface area contributed by atoms with Crippen LogP contribution in [-0.4, -0.2) is 25.7 Å². The molecular formula is C20H20F2N4O. The zero-order valence-corrected chi connectivity index (χ0v) is 14.7. The number of nitrogens with one attached hydrogen (secondary N) is 2. The van der Waals surface area contributed by atoms with E-state index in [2.05, 4.69) is 16.7 Å². The lowest BCUT2D eigenvalue weighted by Crippen LogP contribution is -2.34. The number of nitriles is 1. The normalized spacial score (nSPS) is 16.0. The van der Waals surface area contributed by atoms with Crippen molar-refractivity contribution in [2.24, 2.45) is 5.92 Å². The number of rotatable bonds is 5. The summed E-state index contributed by atoms with van der Waals surface area (Å²) in [5.41, 5.74) is 2.20. The second-order valence-corrected chi connectivity index (χ2v) is 6.57. The Morgan fingerprint density at radius 1 is 1.19 bits per heavy atom. The number of urea groups is 1. The van der Waals surface area contributed by atoms with E-state index in [4.69, 9.17) is 5.26 Å². The topological polar surface area (TPSA) is 68.2 Å². The first-order valence-electron chi connectivity index (χ1n) is 8.76. The predicted molar refractivity (Wildman–Crippen MR) is 99.5 cm³/mol. The van der Waals surface area contributed by atoms with Gasteiger partial charge in [-0.05, 0) is 42.2 Å². The Balaban J connectivity index is 1.45. The van der Waals surface area contributed by atoms with E-state index in [0.717, 1.165) is 24.6 Å². The fourth-order valence-corrected chi connectivity index (χ4v) is 3.13. The molecule has 7 heteroatoms. The van der Waals surface area contributed by atoms with Crippen LogP contribution in [0.5, 0.6) is 0 Å². The van der Waals surface area contributed by atoms with Crippen LogP contribution in [0.4, 0.5) is 25.0 Å². The third-order valence-corrected chi connectivity index (χ3v) is 4.60. The highest BCUT2D eigenvalue weighted by atomic mass is 19.2. The van der Waals surface area contributed by atoms with Gasteiger partial charge in [0, 0.05) is 37.1 Å². The first-order chi connectivity index (χ1) is 13.0. The molecule has 0 aliphatic carbocycles. The lowest BCUT2D eigenvalue weighted by molar-refractivity contribution is 0.250. The number of amides is 2. The Morgan fingerprint density at radius 2 is 1.96 bits per heavy atom. The van der Waals surface area contributed by atoms with Crippen molar-refractivity contribution in [1.29, 1.82) is 5.26 Å². The van der Waals surface area contributed by atoms with Crippen LogP contribution < -0.4 is 15.5 Å². The van der Waals surface area contributed by atoms with Crippen molar-refractivity contribution in [1.82, 2.24) is 5.32 Å². The van der Waals surface area contributed by atoms with Crippen molar-refractivity contribution in [2.75, 3.05) is 29.9 Å². The quantitative estimate of drug-likeness (QED) is 0.844. The molecule has 27 heavy (non-hydrogen) atoms. The van der Waals surface area contributed by atoms with E-state index in [-0.39, 0.29) is 11.9 Å². The number of hydrogen-bond donors (Lipinski definition) is 2. The SMILES string of the molecule is N#CCc1ccc(NC(=O)NCC2CCN(c3ccc(F)c(F)c3)C2)cc1. The van der Waals surface area contributed by atoms with E-state index in [1.54, 1.807) is 30.3 Å². The highest BCUT2D eigenvalue weighted by Gasteiger charge is 2.23. The van der Waals surface area contributed by atoms with Gasteiger partial charge in [-0.2, -0.15) is 5.26 Å². The van der Waals surface area contributed by atoms with E-state index in [1.807, 2.05) is 4.90 Å². The van der Waals surface area contributed by atoms with Crippen molar-refractivity contribution < 1.29 is 13.6 Å². The van der Waals surface area contributed by atoms with Crippen LogP contribution >= 0.6 is 0 Å². The van der Waals surface area contributed by atoms with Crippen LogP contribution in [0.2, 0.25) is 0 Å². The van der Waals surface area contributed by atoms with Gasteiger partial charge in [0.15, 0.2) is 11.6 Å². The van der Waals surface area contributed by atoms with Crippen molar-refractivity contribution in [3.8, 4) is 6.07 Å². The number of carbonyl (C=O) groups excluding carboxylic acids is 1. The average molecular weight is 370 g/mol. The van der Waals surface area contributed by atoms with Gasteiger partial charge in [-0.1, -0.05) is 12.1 Å². The minimum absolute atomic E-state index is 0.238. The monoisotopic (exact) mass is 370 g/mol. The fraction of sp³-hybridized carbons (Fsp3) is 0.300. The summed E-state index contributed by atoms with van der Waals surface area (Å²) in [6.45, 7) is 1.91. The largest absolute Gasteiger partial charge is 0.371 e. The van der Waals surface area contributed by atoms with Crippen LogP contribution in [0, 0.1) is 28.9 Å².